The predicted molar refractivity (Wildman–Crippen MR) is 117 cm³/mol. The van der Waals surface area contributed by atoms with E-state index in [-0.39, 0.29) is 5.91 Å². The number of halogens is 3. The van der Waals surface area contributed by atoms with Gasteiger partial charge in [0, 0.05) is 25.2 Å². The van der Waals surface area contributed by atoms with Gasteiger partial charge in [0.25, 0.3) is 5.91 Å². The molecule has 0 saturated carbocycles. The van der Waals surface area contributed by atoms with E-state index in [4.69, 9.17) is 14.6 Å². The summed E-state index contributed by atoms with van der Waals surface area (Å²) >= 11 is 0. The summed E-state index contributed by atoms with van der Waals surface area (Å²) in [4.78, 5) is 26.5. The van der Waals surface area contributed by atoms with Crippen molar-refractivity contribution in [2.75, 3.05) is 39.3 Å². The molecule has 1 aromatic carbocycles. The molecule has 184 valence electrons. The number of carbonyl (C=O) groups excluding carboxylic acids is 1. The SMILES string of the molecule is CCc1ccccc1C(=O)N1CCC2(CC1)COC(CN1CCCC1)C2.O=C(O)C(F)(F)F. The van der Waals surface area contributed by atoms with Crippen molar-refractivity contribution in [1.29, 1.82) is 0 Å². The highest BCUT2D eigenvalue weighted by Gasteiger charge is 2.43. The van der Waals surface area contributed by atoms with Crippen LogP contribution in [0.2, 0.25) is 0 Å². The molecule has 3 saturated heterocycles. The average Bonchev–Trinajstić information content (AvgIpc) is 3.44. The lowest BCUT2D eigenvalue weighted by atomic mass is 9.76. The molecule has 3 fully saturated rings. The lowest BCUT2D eigenvalue weighted by Gasteiger charge is -2.38. The molecule has 0 aliphatic carbocycles. The lowest BCUT2D eigenvalue weighted by Crippen LogP contribution is -2.44. The van der Waals surface area contributed by atoms with Gasteiger partial charge in [-0.1, -0.05) is 25.1 Å². The number of aryl methyl sites for hydroxylation is 1. The molecule has 0 aromatic heterocycles. The number of nitrogens with zero attached hydrogens (tertiary/aromatic N) is 2. The summed E-state index contributed by atoms with van der Waals surface area (Å²) in [5, 5.41) is 7.12. The zero-order chi connectivity index (χ0) is 24.1. The van der Waals surface area contributed by atoms with Crippen LogP contribution in [0.1, 0.15) is 54.9 Å². The Morgan fingerprint density at radius 1 is 1.12 bits per heavy atom. The molecule has 1 N–H and O–H groups in total. The first kappa shape index (κ1) is 25.5. The van der Waals surface area contributed by atoms with Crippen molar-refractivity contribution in [1.82, 2.24) is 9.80 Å². The summed E-state index contributed by atoms with van der Waals surface area (Å²) in [7, 11) is 0. The molecule has 3 aliphatic rings. The largest absolute Gasteiger partial charge is 0.490 e. The molecule has 1 amide bonds. The number of carboxylic acid groups (broad SMARTS) is 1. The monoisotopic (exact) mass is 470 g/mol. The van der Waals surface area contributed by atoms with Gasteiger partial charge in [-0.05, 0) is 68.7 Å². The van der Waals surface area contributed by atoms with Crippen LogP contribution in [-0.4, -0.2) is 78.4 Å². The molecule has 3 heterocycles. The summed E-state index contributed by atoms with van der Waals surface area (Å²) in [6, 6.07) is 8.06. The molecular formula is C24H33F3N2O4. The molecule has 9 heteroatoms. The van der Waals surface area contributed by atoms with E-state index in [0.717, 1.165) is 56.6 Å². The molecule has 0 bridgehead atoms. The molecule has 33 heavy (non-hydrogen) atoms. The first-order valence-corrected chi connectivity index (χ1v) is 11.6. The number of ether oxygens (including phenoxy) is 1. The van der Waals surface area contributed by atoms with E-state index in [1.165, 1.54) is 32.4 Å². The second-order valence-corrected chi connectivity index (χ2v) is 9.25. The number of amides is 1. The average molecular weight is 471 g/mol. The van der Waals surface area contributed by atoms with E-state index >= 15 is 0 Å². The van der Waals surface area contributed by atoms with Crippen LogP contribution in [0, 0.1) is 5.41 Å². The van der Waals surface area contributed by atoms with Crippen molar-refractivity contribution >= 4 is 11.9 Å². The molecule has 1 spiro atoms. The molecular weight excluding hydrogens is 437 g/mol. The number of benzene rings is 1. The standard InChI is InChI=1S/C22H32N2O2.C2HF3O2/c1-2-18-7-3-4-8-20(18)21(25)24-13-9-22(10-14-24)15-19(26-17-22)16-23-11-5-6-12-23;3-2(4,5)1(6)7/h3-4,7-8,19H,2,5-6,9-17H2,1H3;(H,6,7). The maximum absolute atomic E-state index is 13.0. The molecule has 3 aliphatic heterocycles. The minimum atomic E-state index is -5.08. The maximum atomic E-state index is 13.0. The third-order valence-electron chi connectivity index (χ3n) is 6.93. The van der Waals surface area contributed by atoms with Gasteiger partial charge in [0.2, 0.25) is 0 Å². The van der Waals surface area contributed by atoms with Gasteiger partial charge < -0.3 is 19.6 Å². The summed E-state index contributed by atoms with van der Waals surface area (Å²) in [6.07, 6.45) is 2.26. The number of alkyl halides is 3. The molecule has 0 radical (unpaired) electrons. The smallest absolute Gasteiger partial charge is 0.475 e. The second-order valence-electron chi connectivity index (χ2n) is 9.25. The maximum Gasteiger partial charge on any atom is 0.490 e. The van der Waals surface area contributed by atoms with Crippen molar-refractivity contribution in [3.8, 4) is 0 Å². The highest BCUT2D eigenvalue weighted by Crippen LogP contribution is 2.42. The van der Waals surface area contributed by atoms with Crippen LogP contribution >= 0.6 is 0 Å². The van der Waals surface area contributed by atoms with Gasteiger partial charge in [0.1, 0.15) is 0 Å². The Bertz CT molecular complexity index is 816. The Morgan fingerprint density at radius 3 is 2.30 bits per heavy atom. The van der Waals surface area contributed by atoms with Gasteiger partial charge in [-0.25, -0.2) is 4.79 Å². The number of piperidine rings is 1. The Kier molecular flexibility index (Phi) is 8.39. The predicted octanol–water partition coefficient (Wildman–Crippen LogP) is 3.99. The number of aliphatic carboxylic acids is 1. The van der Waals surface area contributed by atoms with E-state index in [1.807, 2.05) is 18.2 Å². The normalized spacial score (nSPS) is 22.8. The fraction of sp³-hybridized carbons (Fsp3) is 0.667. The molecule has 1 aromatic rings. The van der Waals surface area contributed by atoms with Gasteiger partial charge in [-0.15, -0.1) is 0 Å². The molecule has 4 rings (SSSR count). The number of hydrogen-bond donors (Lipinski definition) is 1. The van der Waals surface area contributed by atoms with Gasteiger partial charge in [-0.3, -0.25) is 4.79 Å². The van der Waals surface area contributed by atoms with Crippen LogP contribution in [0.25, 0.3) is 0 Å². The Balaban J connectivity index is 0.000000383. The third kappa shape index (κ3) is 6.69. The highest BCUT2D eigenvalue weighted by molar-refractivity contribution is 5.95. The van der Waals surface area contributed by atoms with E-state index in [1.54, 1.807) is 0 Å². The highest BCUT2D eigenvalue weighted by atomic mass is 19.4. The van der Waals surface area contributed by atoms with E-state index < -0.39 is 12.1 Å². The minimum absolute atomic E-state index is 0.213. The summed E-state index contributed by atoms with van der Waals surface area (Å²) < 4.78 is 37.9. The van der Waals surface area contributed by atoms with Crippen LogP contribution in [0.15, 0.2) is 24.3 Å². The third-order valence-corrected chi connectivity index (χ3v) is 6.93. The fourth-order valence-corrected chi connectivity index (χ4v) is 5.01. The van der Waals surface area contributed by atoms with Crippen molar-refractivity contribution < 1.29 is 32.6 Å². The van der Waals surface area contributed by atoms with Crippen molar-refractivity contribution in [2.24, 2.45) is 5.41 Å². The van der Waals surface area contributed by atoms with E-state index in [0.29, 0.717) is 11.5 Å². The van der Waals surface area contributed by atoms with Crippen LogP contribution in [0.3, 0.4) is 0 Å². The fourth-order valence-electron chi connectivity index (χ4n) is 5.01. The molecule has 1 atom stereocenters. The van der Waals surface area contributed by atoms with Gasteiger partial charge >= 0.3 is 12.1 Å². The summed E-state index contributed by atoms with van der Waals surface area (Å²) in [5.74, 6) is -2.54. The summed E-state index contributed by atoms with van der Waals surface area (Å²) in [5.41, 5.74) is 2.36. The van der Waals surface area contributed by atoms with Crippen molar-refractivity contribution in [3.05, 3.63) is 35.4 Å². The quantitative estimate of drug-likeness (QED) is 0.721. The van der Waals surface area contributed by atoms with Crippen LogP contribution < -0.4 is 0 Å². The van der Waals surface area contributed by atoms with E-state index in [9.17, 15) is 18.0 Å². The Morgan fingerprint density at radius 2 is 1.73 bits per heavy atom. The first-order chi connectivity index (χ1) is 15.6. The van der Waals surface area contributed by atoms with E-state index in [2.05, 4.69) is 22.8 Å². The zero-order valence-electron chi connectivity index (χ0n) is 19.1. The molecule has 6 nitrogen and oxygen atoms in total. The first-order valence-electron chi connectivity index (χ1n) is 11.6. The number of hydrogen-bond acceptors (Lipinski definition) is 4. The zero-order valence-corrected chi connectivity index (χ0v) is 19.1. The number of carboxylic acids is 1. The van der Waals surface area contributed by atoms with Gasteiger partial charge in [0.15, 0.2) is 0 Å². The van der Waals surface area contributed by atoms with Crippen molar-refractivity contribution in [2.45, 2.75) is 57.7 Å². The second kappa shape index (κ2) is 10.9. The number of rotatable bonds is 4. The topological polar surface area (TPSA) is 70.1 Å². The Labute approximate surface area is 192 Å². The van der Waals surface area contributed by atoms with Crippen LogP contribution in [0.4, 0.5) is 13.2 Å². The number of likely N-dealkylation sites (tertiary alicyclic amines) is 2. The summed E-state index contributed by atoms with van der Waals surface area (Å²) in [6.45, 7) is 8.34. The van der Waals surface area contributed by atoms with Crippen LogP contribution in [-0.2, 0) is 16.0 Å². The molecule has 1 unspecified atom stereocenters. The lowest BCUT2D eigenvalue weighted by molar-refractivity contribution is -0.192. The number of carbonyl (C=O) groups is 2. The Hall–Kier alpha value is -2.13. The minimum Gasteiger partial charge on any atom is -0.475 e. The van der Waals surface area contributed by atoms with Gasteiger partial charge in [0.05, 0.1) is 12.7 Å². The van der Waals surface area contributed by atoms with Crippen molar-refractivity contribution in [3.63, 3.8) is 0 Å². The van der Waals surface area contributed by atoms with Crippen LogP contribution in [0.5, 0.6) is 0 Å². The van der Waals surface area contributed by atoms with Gasteiger partial charge in [-0.2, -0.15) is 13.2 Å².